The van der Waals surface area contributed by atoms with Crippen LogP contribution >= 0.6 is 0 Å². The fourth-order valence-corrected chi connectivity index (χ4v) is 3.84. The van der Waals surface area contributed by atoms with Gasteiger partial charge in [-0.3, -0.25) is 9.59 Å². The first-order valence-electron chi connectivity index (χ1n) is 9.00. The number of rotatable bonds is 2. The highest BCUT2D eigenvalue weighted by atomic mass is 19.1. The highest BCUT2D eigenvalue weighted by Crippen LogP contribution is 2.32. The van der Waals surface area contributed by atoms with E-state index in [1.165, 1.54) is 29.2 Å². The Labute approximate surface area is 161 Å². The normalized spacial score (nSPS) is 17.0. The Kier molecular flexibility index (Phi) is 4.30. The number of phenolic OH excluding ortho intramolecular Hbond substituents is 1. The van der Waals surface area contributed by atoms with Gasteiger partial charge in [0.15, 0.2) is 0 Å². The molecular formula is C21H20FN3O3. The van der Waals surface area contributed by atoms with Crippen LogP contribution in [-0.4, -0.2) is 39.5 Å². The minimum Gasteiger partial charge on any atom is -0.508 e. The van der Waals surface area contributed by atoms with Crippen LogP contribution in [0, 0.1) is 12.7 Å². The summed E-state index contributed by atoms with van der Waals surface area (Å²) in [5, 5.41) is 13.3. The van der Waals surface area contributed by atoms with Gasteiger partial charge in [-0.15, -0.1) is 0 Å². The number of hydrogen-bond donors (Lipinski definition) is 2. The standard InChI is InChI=1S/C21H20FN3O3/c1-12-18(16-11-15(26)7-8-17(16)24(12)2)21(28)25-10-9-23-20(27)19(25)13-3-5-14(22)6-4-13/h3-8,11,19,26H,9-10H2,1-2H3,(H,23,27)/t19-/m1/s1. The van der Waals surface area contributed by atoms with Gasteiger partial charge < -0.3 is 19.9 Å². The van der Waals surface area contributed by atoms with Crippen LogP contribution in [0.3, 0.4) is 0 Å². The van der Waals surface area contributed by atoms with Crippen molar-refractivity contribution in [3.63, 3.8) is 0 Å². The average Bonchev–Trinajstić information content (AvgIpc) is 2.92. The molecule has 28 heavy (non-hydrogen) atoms. The van der Waals surface area contributed by atoms with Gasteiger partial charge in [-0.1, -0.05) is 12.1 Å². The van der Waals surface area contributed by atoms with Crippen molar-refractivity contribution in [1.29, 1.82) is 0 Å². The largest absolute Gasteiger partial charge is 0.508 e. The third kappa shape index (κ3) is 2.79. The number of piperazine rings is 1. The molecule has 0 radical (unpaired) electrons. The first-order valence-corrected chi connectivity index (χ1v) is 9.00. The molecule has 6 nitrogen and oxygen atoms in total. The van der Waals surface area contributed by atoms with Crippen molar-refractivity contribution >= 4 is 22.7 Å². The monoisotopic (exact) mass is 381 g/mol. The van der Waals surface area contributed by atoms with E-state index in [1.54, 1.807) is 18.2 Å². The van der Waals surface area contributed by atoms with E-state index in [4.69, 9.17) is 0 Å². The van der Waals surface area contributed by atoms with Gasteiger partial charge in [-0.25, -0.2) is 4.39 Å². The maximum atomic E-state index is 13.5. The highest BCUT2D eigenvalue weighted by molar-refractivity contribution is 6.10. The second kappa shape index (κ2) is 6.67. The first-order chi connectivity index (χ1) is 13.4. The van der Waals surface area contributed by atoms with Crippen molar-refractivity contribution < 1.29 is 19.1 Å². The number of phenols is 1. The fraction of sp³-hybridized carbons (Fsp3) is 0.238. The molecule has 4 rings (SSSR count). The maximum absolute atomic E-state index is 13.5. The van der Waals surface area contributed by atoms with Gasteiger partial charge in [-0.05, 0) is 42.8 Å². The van der Waals surface area contributed by atoms with E-state index in [0.717, 1.165) is 11.2 Å². The zero-order valence-corrected chi connectivity index (χ0v) is 15.6. The third-order valence-corrected chi connectivity index (χ3v) is 5.35. The van der Waals surface area contributed by atoms with Crippen LogP contribution in [0.1, 0.15) is 27.7 Å². The predicted molar refractivity (Wildman–Crippen MR) is 103 cm³/mol. The lowest BCUT2D eigenvalue weighted by atomic mass is 10.00. The van der Waals surface area contributed by atoms with E-state index in [9.17, 15) is 19.1 Å². The SMILES string of the molecule is Cc1c(C(=O)N2CCNC(=O)[C@H]2c2ccc(F)cc2)c2cc(O)ccc2n1C. The molecule has 1 aromatic heterocycles. The summed E-state index contributed by atoms with van der Waals surface area (Å²) in [4.78, 5) is 27.6. The summed E-state index contributed by atoms with van der Waals surface area (Å²) < 4.78 is 15.2. The molecule has 3 aromatic rings. The van der Waals surface area contributed by atoms with Crippen LogP contribution in [-0.2, 0) is 11.8 Å². The Hall–Kier alpha value is -3.35. The Balaban J connectivity index is 1.83. The number of nitrogens with one attached hydrogen (secondary N) is 1. The lowest BCUT2D eigenvalue weighted by molar-refractivity contribution is -0.128. The fourth-order valence-electron chi connectivity index (χ4n) is 3.84. The lowest BCUT2D eigenvalue weighted by Crippen LogP contribution is -2.52. The number of fused-ring (bicyclic) bond motifs is 1. The van der Waals surface area contributed by atoms with E-state index < -0.39 is 11.9 Å². The average molecular weight is 381 g/mol. The molecule has 1 fully saturated rings. The van der Waals surface area contributed by atoms with Crippen molar-refractivity contribution in [3.05, 3.63) is 65.1 Å². The van der Waals surface area contributed by atoms with E-state index in [1.807, 2.05) is 18.5 Å². The Morgan fingerprint density at radius 3 is 2.64 bits per heavy atom. The molecule has 1 atom stereocenters. The Morgan fingerprint density at radius 2 is 1.93 bits per heavy atom. The second-order valence-corrected chi connectivity index (χ2v) is 6.96. The van der Waals surface area contributed by atoms with E-state index in [2.05, 4.69) is 5.32 Å². The van der Waals surface area contributed by atoms with E-state index in [-0.39, 0.29) is 17.6 Å². The number of halogens is 1. The highest BCUT2D eigenvalue weighted by Gasteiger charge is 2.36. The van der Waals surface area contributed by atoms with Crippen LogP contribution in [0.4, 0.5) is 4.39 Å². The summed E-state index contributed by atoms with van der Waals surface area (Å²) in [6, 6.07) is 9.66. The molecule has 2 heterocycles. The zero-order valence-electron chi connectivity index (χ0n) is 15.6. The molecule has 2 amide bonds. The summed E-state index contributed by atoms with van der Waals surface area (Å²) in [7, 11) is 1.85. The quantitative estimate of drug-likeness (QED) is 0.717. The number of benzene rings is 2. The number of nitrogens with zero attached hydrogens (tertiary/aromatic N) is 2. The smallest absolute Gasteiger partial charge is 0.257 e. The summed E-state index contributed by atoms with van der Waals surface area (Å²) in [5.41, 5.74) is 2.57. The van der Waals surface area contributed by atoms with Crippen molar-refractivity contribution in [2.24, 2.45) is 7.05 Å². The molecule has 0 spiro atoms. The van der Waals surface area contributed by atoms with E-state index in [0.29, 0.717) is 29.6 Å². The number of hydrogen-bond acceptors (Lipinski definition) is 3. The molecule has 0 saturated carbocycles. The van der Waals surface area contributed by atoms with Gasteiger partial charge in [0, 0.05) is 36.7 Å². The number of aryl methyl sites for hydroxylation is 1. The minimum absolute atomic E-state index is 0.0682. The maximum Gasteiger partial charge on any atom is 0.257 e. The summed E-state index contributed by atoms with van der Waals surface area (Å²) in [5.74, 6) is -0.929. The third-order valence-electron chi connectivity index (χ3n) is 5.35. The van der Waals surface area contributed by atoms with Crippen molar-refractivity contribution in [2.75, 3.05) is 13.1 Å². The van der Waals surface area contributed by atoms with Crippen LogP contribution in [0.5, 0.6) is 5.75 Å². The number of carbonyl (C=O) groups excluding carboxylic acids is 2. The van der Waals surface area contributed by atoms with Gasteiger partial charge in [0.25, 0.3) is 5.91 Å². The molecule has 144 valence electrons. The Bertz CT molecular complexity index is 1090. The van der Waals surface area contributed by atoms with Crippen molar-refractivity contribution in [3.8, 4) is 5.75 Å². The molecule has 2 N–H and O–H groups in total. The van der Waals surface area contributed by atoms with Crippen LogP contribution in [0.2, 0.25) is 0 Å². The van der Waals surface area contributed by atoms with Gasteiger partial charge in [0.2, 0.25) is 5.91 Å². The molecule has 7 heteroatoms. The van der Waals surface area contributed by atoms with Crippen LogP contribution in [0.25, 0.3) is 10.9 Å². The van der Waals surface area contributed by atoms with Gasteiger partial charge in [0.1, 0.15) is 17.6 Å². The van der Waals surface area contributed by atoms with Crippen molar-refractivity contribution in [2.45, 2.75) is 13.0 Å². The number of carbonyl (C=O) groups is 2. The molecule has 0 aliphatic carbocycles. The van der Waals surface area contributed by atoms with E-state index >= 15 is 0 Å². The van der Waals surface area contributed by atoms with Gasteiger partial charge in [0.05, 0.1) is 5.56 Å². The van der Waals surface area contributed by atoms with Crippen molar-refractivity contribution in [1.82, 2.24) is 14.8 Å². The number of amides is 2. The first kappa shape index (κ1) is 18.0. The molecule has 0 unspecified atom stereocenters. The molecule has 1 aliphatic heterocycles. The molecule has 1 saturated heterocycles. The molecule has 1 aliphatic rings. The number of aromatic hydroxyl groups is 1. The molecule has 2 aromatic carbocycles. The molecular weight excluding hydrogens is 361 g/mol. The molecule has 0 bridgehead atoms. The van der Waals surface area contributed by atoms with Gasteiger partial charge >= 0.3 is 0 Å². The Morgan fingerprint density at radius 1 is 1.21 bits per heavy atom. The lowest BCUT2D eigenvalue weighted by Gasteiger charge is -2.35. The zero-order chi connectivity index (χ0) is 20.0. The van der Waals surface area contributed by atoms with Crippen LogP contribution < -0.4 is 5.32 Å². The summed E-state index contributed by atoms with van der Waals surface area (Å²) in [6.45, 7) is 2.51. The topological polar surface area (TPSA) is 74.6 Å². The number of aromatic nitrogens is 1. The van der Waals surface area contributed by atoms with Gasteiger partial charge in [-0.2, -0.15) is 0 Å². The second-order valence-electron chi connectivity index (χ2n) is 6.96. The van der Waals surface area contributed by atoms with Crippen LogP contribution in [0.15, 0.2) is 42.5 Å². The summed E-state index contributed by atoms with van der Waals surface area (Å²) >= 11 is 0. The predicted octanol–water partition coefficient (Wildman–Crippen LogP) is 2.64. The minimum atomic E-state index is -0.839. The summed E-state index contributed by atoms with van der Waals surface area (Å²) in [6.07, 6.45) is 0.